The Morgan fingerprint density at radius 1 is 1.15 bits per heavy atom. The van der Waals surface area contributed by atoms with Gasteiger partial charge in [-0.1, -0.05) is 18.2 Å². The molecule has 0 saturated carbocycles. The number of aliphatic hydroxyl groups excluding tert-OH is 1. The van der Waals surface area contributed by atoms with Crippen molar-refractivity contribution < 1.29 is 32.5 Å². The number of benzene rings is 1. The van der Waals surface area contributed by atoms with E-state index in [1.807, 2.05) is 0 Å². The molecule has 0 radical (unpaired) electrons. The lowest BCUT2D eigenvalue weighted by Gasteiger charge is -2.17. The van der Waals surface area contributed by atoms with Crippen LogP contribution in [0.1, 0.15) is 18.1 Å². The van der Waals surface area contributed by atoms with Crippen molar-refractivity contribution in [3.8, 4) is 5.75 Å². The lowest BCUT2D eigenvalue weighted by molar-refractivity contribution is -0.275. The molecule has 0 spiro atoms. The van der Waals surface area contributed by atoms with E-state index in [-0.39, 0.29) is 18.6 Å². The van der Waals surface area contributed by atoms with Crippen LogP contribution < -0.4 is 4.74 Å². The van der Waals surface area contributed by atoms with Crippen LogP contribution in [0.5, 0.6) is 5.75 Å². The molecule has 1 atom stereocenters. The number of halogens is 3. The van der Waals surface area contributed by atoms with E-state index >= 15 is 0 Å². The Kier molecular flexibility index (Phi) is 6.77. The smallest absolute Gasteiger partial charge is 0.405 e. The number of hydrogen-bond acceptors (Lipinski definition) is 4. The van der Waals surface area contributed by atoms with Crippen LogP contribution >= 0.6 is 0 Å². The fourth-order valence-corrected chi connectivity index (χ4v) is 1.57. The zero-order valence-corrected chi connectivity index (χ0v) is 11.0. The molecule has 20 heavy (non-hydrogen) atoms. The maximum absolute atomic E-state index is 12.2. The van der Waals surface area contributed by atoms with Gasteiger partial charge in [-0.25, -0.2) is 0 Å². The summed E-state index contributed by atoms with van der Waals surface area (Å²) in [6.07, 6.45) is -5.71. The molecule has 1 aromatic rings. The molecular weight excluding hydrogens is 277 g/mol. The van der Waals surface area contributed by atoms with Gasteiger partial charge in [-0.3, -0.25) is 0 Å². The topological polar surface area (TPSA) is 47.9 Å². The maximum atomic E-state index is 12.2. The van der Waals surface area contributed by atoms with Crippen molar-refractivity contribution in [2.24, 2.45) is 0 Å². The van der Waals surface area contributed by atoms with Crippen LogP contribution in [0.2, 0.25) is 0 Å². The van der Waals surface area contributed by atoms with E-state index in [1.165, 1.54) is 25.3 Å². The number of methoxy groups -OCH3 is 1. The number of hydrogen-bond donors (Lipinski definition) is 1. The van der Waals surface area contributed by atoms with Crippen molar-refractivity contribution in [1.82, 2.24) is 0 Å². The maximum Gasteiger partial charge on any atom is 0.573 e. The van der Waals surface area contributed by atoms with E-state index < -0.39 is 18.2 Å². The molecule has 1 rings (SSSR count). The minimum absolute atomic E-state index is 0.0835. The monoisotopic (exact) mass is 294 g/mol. The Bertz CT molecular complexity index is 395. The predicted molar refractivity (Wildman–Crippen MR) is 65.4 cm³/mol. The fourth-order valence-electron chi connectivity index (χ4n) is 1.57. The summed E-state index contributed by atoms with van der Waals surface area (Å²) < 4.78 is 50.5. The summed E-state index contributed by atoms with van der Waals surface area (Å²) in [6, 6.07) is 5.50. The number of rotatable bonds is 8. The van der Waals surface area contributed by atoms with Crippen molar-refractivity contribution >= 4 is 0 Å². The molecule has 1 unspecified atom stereocenters. The van der Waals surface area contributed by atoms with Gasteiger partial charge in [0.25, 0.3) is 0 Å². The first-order chi connectivity index (χ1) is 9.44. The number of ether oxygens (including phenoxy) is 3. The standard InChI is InChI=1S/C13H17F3O4/c1-18-8-9-19-7-6-11(17)10-4-2-3-5-12(10)20-13(14,15)16/h2-5,11,17H,6-9H2,1H3. The summed E-state index contributed by atoms with van der Waals surface area (Å²) >= 11 is 0. The Balaban J connectivity index is 2.56. The van der Waals surface area contributed by atoms with E-state index in [0.717, 1.165) is 6.07 Å². The molecule has 4 nitrogen and oxygen atoms in total. The van der Waals surface area contributed by atoms with Crippen LogP contribution in [-0.4, -0.2) is 38.4 Å². The van der Waals surface area contributed by atoms with Gasteiger partial charge in [-0.2, -0.15) is 0 Å². The second-order valence-electron chi connectivity index (χ2n) is 4.00. The zero-order valence-electron chi connectivity index (χ0n) is 11.0. The molecule has 0 aliphatic heterocycles. The highest BCUT2D eigenvalue weighted by molar-refractivity contribution is 5.35. The lowest BCUT2D eigenvalue weighted by Crippen LogP contribution is -2.19. The molecule has 7 heteroatoms. The quantitative estimate of drug-likeness (QED) is 0.749. The van der Waals surface area contributed by atoms with Crippen LogP contribution in [0, 0.1) is 0 Å². The Labute approximate surface area is 115 Å². The minimum atomic E-state index is -4.79. The molecule has 0 fully saturated rings. The first-order valence-corrected chi connectivity index (χ1v) is 6.03. The van der Waals surface area contributed by atoms with Crippen LogP contribution in [0.25, 0.3) is 0 Å². The summed E-state index contributed by atoms with van der Waals surface area (Å²) in [5.41, 5.74) is 0.0835. The SMILES string of the molecule is COCCOCCC(O)c1ccccc1OC(F)(F)F. The van der Waals surface area contributed by atoms with Crippen molar-refractivity contribution in [3.63, 3.8) is 0 Å². The highest BCUT2D eigenvalue weighted by Crippen LogP contribution is 2.31. The van der Waals surface area contributed by atoms with E-state index in [1.54, 1.807) is 0 Å². The van der Waals surface area contributed by atoms with Gasteiger partial charge in [0.1, 0.15) is 5.75 Å². The third kappa shape index (κ3) is 6.23. The minimum Gasteiger partial charge on any atom is -0.405 e. The van der Waals surface area contributed by atoms with Gasteiger partial charge >= 0.3 is 6.36 Å². The molecule has 0 aromatic heterocycles. The van der Waals surface area contributed by atoms with Gasteiger partial charge in [0, 0.05) is 25.7 Å². The first-order valence-electron chi connectivity index (χ1n) is 6.03. The second kappa shape index (κ2) is 8.08. The average molecular weight is 294 g/mol. The molecule has 1 aromatic carbocycles. The van der Waals surface area contributed by atoms with Crippen LogP contribution in [-0.2, 0) is 9.47 Å². The van der Waals surface area contributed by atoms with Gasteiger partial charge in [-0.15, -0.1) is 13.2 Å². The van der Waals surface area contributed by atoms with Gasteiger partial charge in [0.2, 0.25) is 0 Å². The molecule has 0 saturated heterocycles. The summed E-state index contributed by atoms with van der Waals surface area (Å²) in [7, 11) is 1.53. The zero-order chi connectivity index (χ0) is 15.0. The van der Waals surface area contributed by atoms with Gasteiger partial charge in [-0.05, 0) is 6.07 Å². The lowest BCUT2D eigenvalue weighted by atomic mass is 10.1. The third-order valence-corrected chi connectivity index (χ3v) is 2.47. The molecule has 0 amide bonds. The van der Waals surface area contributed by atoms with Crippen LogP contribution in [0.15, 0.2) is 24.3 Å². The van der Waals surface area contributed by atoms with Crippen LogP contribution in [0.4, 0.5) is 13.2 Å². The Morgan fingerprint density at radius 3 is 2.50 bits per heavy atom. The fraction of sp³-hybridized carbons (Fsp3) is 0.538. The largest absolute Gasteiger partial charge is 0.573 e. The number of aliphatic hydroxyl groups is 1. The van der Waals surface area contributed by atoms with Gasteiger partial charge in [0.05, 0.1) is 19.3 Å². The second-order valence-corrected chi connectivity index (χ2v) is 4.00. The van der Waals surface area contributed by atoms with Crippen LogP contribution in [0.3, 0.4) is 0 Å². The Hall–Kier alpha value is -1.31. The van der Waals surface area contributed by atoms with E-state index in [4.69, 9.17) is 9.47 Å². The van der Waals surface area contributed by atoms with E-state index in [2.05, 4.69) is 4.74 Å². The van der Waals surface area contributed by atoms with E-state index in [0.29, 0.717) is 13.2 Å². The number of alkyl halides is 3. The molecular formula is C13H17F3O4. The highest BCUT2D eigenvalue weighted by atomic mass is 19.4. The normalized spacial score (nSPS) is 13.2. The first kappa shape index (κ1) is 16.7. The third-order valence-electron chi connectivity index (χ3n) is 2.47. The van der Waals surface area contributed by atoms with Gasteiger partial charge in [0.15, 0.2) is 0 Å². The van der Waals surface area contributed by atoms with Crippen molar-refractivity contribution in [2.45, 2.75) is 18.9 Å². The molecule has 0 bridgehead atoms. The number of para-hydroxylation sites is 1. The summed E-state index contributed by atoms with van der Waals surface area (Å²) in [6.45, 7) is 0.999. The van der Waals surface area contributed by atoms with Crippen molar-refractivity contribution in [3.05, 3.63) is 29.8 Å². The van der Waals surface area contributed by atoms with Crippen molar-refractivity contribution in [2.75, 3.05) is 26.9 Å². The summed E-state index contributed by atoms with van der Waals surface area (Å²) in [4.78, 5) is 0. The summed E-state index contributed by atoms with van der Waals surface area (Å²) in [5, 5.41) is 9.90. The van der Waals surface area contributed by atoms with Gasteiger partial charge < -0.3 is 19.3 Å². The molecule has 114 valence electrons. The molecule has 0 aliphatic rings. The highest BCUT2D eigenvalue weighted by Gasteiger charge is 2.32. The van der Waals surface area contributed by atoms with Crippen molar-refractivity contribution in [1.29, 1.82) is 0 Å². The average Bonchev–Trinajstić information content (AvgIpc) is 2.37. The summed E-state index contributed by atoms with van der Waals surface area (Å²) in [5.74, 6) is -0.399. The van der Waals surface area contributed by atoms with E-state index in [9.17, 15) is 18.3 Å². The molecule has 0 aliphatic carbocycles. The molecule has 1 N–H and O–H groups in total. The molecule has 0 heterocycles. The predicted octanol–water partition coefficient (Wildman–Crippen LogP) is 2.67. The Morgan fingerprint density at radius 2 is 1.85 bits per heavy atom.